The molecule has 2 heterocycles. The predicted molar refractivity (Wildman–Crippen MR) is 106 cm³/mol. The number of amides is 1. The third-order valence-electron chi connectivity index (χ3n) is 4.20. The molecule has 7 nitrogen and oxygen atoms in total. The van der Waals surface area contributed by atoms with E-state index in [1.165, 1.54) is 11.5 Å². The number of phenolic OH excluding ortho intramolecular Hbond substituents is 1. The highest BCUT2D eigenvalue weighted by Crippen LogP contribution is 2.30. The number of hydrogen-bond donors (Lipinski definition) is 2. The minimum atomic E-state index is -0.338. The number of aromatic hydroxyl groups is 1. The molecule has 2 aromatic rings. The fourth-order valence-electron chi connectivity index (χ4n) is 2.78. The van der Waals surface area contributed by atoms with Gasteiger partial charge in [-0.05, 0) is 30.9 Å². The summed E-state index contributed by atoms with van der Waals surface area (Å²) in [6.45, 7) is 6.05. The highest BCUT2D eigenvalue weighted by Gasteiger charge is 2.24. The molecule has 2 N–H and O–H groups in total. The van der Waals surface area contributed by atoms with Crippen LogP contribution in [0.25, 0.3) is 11.4 Å². The highest BCUT2D eigenvalue weighted by atomic mass is 32.1. The number of piperidine rings is 1. The summed E-state index contributed by atoms with van der Waals surface area (Å²) in [7, 11) is 0. The van der Waals surface area contributed by atoms with E-state index in [2.05, 4.69) is 19.6 Å². The summed E-state index contributed by atoms with van der Waals surface area (Å²) in [5.41, 5.74) is 0.638. The Kier molecular flexibility index (Phi) is 5.92. The summed E-state index contributed by atoms with van der Waals surface area (Å²) >= 11 is 1.33. The van der Waals surface area contributed by atoms with Gasteiger partial charge in [0.1, 0.15) is 5.75 Å². The highest BCUT2D eigenvalue weighted by molar-refractivity contribution is 7.09. The Morgan fingerprint density at radius 3 is 2.85 bits per heavy atom. The van der Waals surface area contributed by atoms with Crippen LogP contribution in [-0.2, 0) is 4.74 Å². The Labute approximate surface area is 160 Å². The van der Waals surface area contributed by atoms with Gasteiger partial charge in [0.25, 0.3) is 0 Å². The topological polar surface area (TPSA) is 87.6 Å². The van der Waals surface area contributed by atoms with Crippen LogP contribution in [0.3, 0.4) is 0 Å². The number of nitrogens with zero attached hydrogens (tertiary/aromatic N) is 3. The lowest BCUT2D eigenvalue weighted by Gasteiger charge is -2.31. The number of carbonyl (C=O) groups is 1. The Balaban J connectivity index is 0.00000196. The van der Waals surface area contributed by atoms with Crippen LogP contribution in [0.1, 0.15) is 29.5 Å². The summed E-state index contributed by atoms with van der Waals surface area (Å²) in [5.74, 6) is 1.05. The van der Waals surface area contributed by atoms with Crippen LogP contribution in [0, 0.1) is 5.92 Å². The van der Waals surface area contributed by atoms with Crippen molar-refractivity contribution in [3.63, 3.8) is 0 Å². The molecule has 1 amide bonds. The molecular formula is C18H28N4O3S. The van der Waals surface area contributed by atoms with Gasteiger partial charge in [-0.25, -0.2) is 4.79 Å². The van der Waals surface area contributed by atoms with Gasteiger partial charge in [-0.1, -0.05) is 26.0 Å². The smallest absolute Gasteiger partial charge is 0.407 e. The lowest BCUT2D eigenvalue weighted by atomic mass is 10.1. The van der Waals surface area contributed by atoms with E-state index < -0.39 is 0 Å². The minimum Gasteiger partial charge on any atom is -0.507 e. The quantitative estimate of drug-likeness (QED) is 0.821. The number of phenols is 1. The Hall–Kier alpha value is -2.35. The van der Waals surface area contributed by atoms with Gasteiger partial charge in [-0.3, -0.25) is 0 Å². The number of alkyl carbamates (subject to hydrolysis) is 1. The van der Waals surface area contributed by atoms with Crippen LogP contribution in [0.4, 0.5) is 9.93 Å². The molecule has 3 rings (SSSR count). The summed E-state index contributed by atoms with van der Waals surface area (Å²) in [6, 6.07) is 7.18. The first-order valence-electron chi connectivity index (χ1n) is 8.83. The third-order valence-corrected chi connectivity index (χ3v) is 4.97. The second-order valence-electron chi connectivity index (χ2n) is 6.82. The van der Waals surface area contributed by atoms with Crippen molar-refractivity contribution < 1.29 is 17.5 Å². The SMILES string of the molecule is CC(C)COC(=O)NC1CCN(c2nc(-c3ccccc3O)ns2)CC1.[HH].[HH]. The van der Waals surface area contributed by atoms with Crippen molar-refractivity contribution in [3.8, 4) is 17.1 Å². The van der Waals surface area contributed by atoms with Crippen LogP contribution in [0.5, 0.6) is 5.75 Å². The average Bonchev–Trinajstić information content (AvgIpc) is 3.11. The summed E-state index contributed by atoms with van der Waals surface area (Å²) in [6.07, 6.45) is 1.33. The zero-order valence-corrected chi connectivity index (χ0v) is 15.8. The Bertz CT molecular complexity index is 752. The van der Waals surface area contributed by atoms with E-state index in [0.717, 1.165) is 31.1 Å². The molecule has 0 unspecified atom stereocenters. The molecule has 1 fully saturated rings. The molecule has 1 aromatic carbocycles. The molecule has 0 aliphatic carbocycles. The number of benzene rings is 1. The molecule has 1 aromatic heterocycles. The molecule has 0 atom stereocenters. The van der Waals surface area contributed by atoms with Crippen molar-refractivity contribution in [2.45, 2.75) is 32.7 Å². The number of para-hydroxylation sites is 1. The number of rotatable bonds is 5. The standard InChI is InChI=1S/C18H24N4O3S.2H2/c1-12(2)11-25-18(24)19-13-7-9-22(10-8-13)17-20-16(21-26-17)14-5-3-4-6-15(14)23;;/h3-6,12-13,23H,7-11H2,1-2H3,(H,19,24);2*1H. The molecule has 0 radical (unpaired) electrons. The Morgan fingerprint density at radius 2 is 2.15 bits per heavy atom. The second kappa shape index (κ2) is 8.35. The summed E-state index contributed by atoms with van der Waals surface area (Å²) in [5, 5.41) is 13.7. The first-order chi connectivity index (χ1) is 12.5. The van der Waals surface area contributed by atoms with Crippen LogP contribution in [0.2, 0.25) is 0 Å². The maximum Gasteiger partial charge on any atom is 0.407 e. The normalized spacial score (nSPS) is 15.3. The van der Waals surface area contributed by atoms with E-state index in [-0.39, 0.29) is 20.7 Å². The average molecular weight is 381 g/mol. The monoisotopic (exact) mass is 380 g/mol. The zero-order chi connectivity index (χ0) is 18.5. The number of anilines is 1. The number of hydrogen-bond acceptors (Lipinski definition) is 7. The minimum absolute atomic E-state index is 0. The van der Waals surface area contributed by atoms with Crippen LogP contribution < -0.4 is 10.2 Å². The Morgan fingerprint density at radius 1 is 1.42 bits per heavy atom. The van der Waals surface area contributed by atoms with Gasteiger partial charge < -0.3 is 20.1 Å². The van der Waals surface area contributed by atoms with Crippen LogP contribution in [-0.4, -0.2) is 46.3 Å². The molecule has 144 valence electrons. The molecule has 8 heteroatoms. The lowest BCUT2D eigenvalue weighted by Crippen LogP contribution is -2.45. The number of ether oxygens (including phenoxy) is 1. The molecule has 1 aliphatic rings. The van der Waals surface area contributed by atoms with E-state index in [1.54, 1.807) is 18.2 Å². The molecule has 26 heavy (non-hydrogen) atoms. The maximum atomic E-state index is 11.8. The predicted octanol–water partition coefficient (Wildman–Crippen LogP) is 3.75. The van der Waals surface area contributed by atoms with Crippen molar-refractivity contribution >= 4 is 22.8 Å². The van der Waals surface area contributed by atoms with Gasteiger partial charge in [0.2, 0.25) is 5.13 Å². The van der Waals surface area contributed by atoms with Gasteiger partial charge in [0, 0.05) is 33.5 Å². The number of carbonyl (C=O) groups excluding carboxylic acids is 1. The molecular weight excluding hydrogens is 352 g/mol. The first kappa shape index (κ1) is 18.4. The molecule has 0 saturated carbocycles. The van der Waals surface area contributed by atoms with Crippen molar-refractivity contribution in [2.75, 3.05) is 24.6 Å². The van der Waals surface area contributed by atoms with Crippen LogP contribution >= 0.6 is 11.5 Å². The van der Waals surface area contributed by atoms with Gasteiger partial charge in [0.05, 0.1) is 12.2 Å². The number of aromatic nitrogens is 2. The van der Waals surface area contributed by atoms with Crippen LogP contribution in [0.15, 0.2) is 24.3 Å². The van der Waals surface area contributed by atoms with Gasteiger partial charge >= 0.3 is 6.09 Å². The molecule has 0 bridgehead atoms. The second-order valence-corrected chi connectivity index (χ2v) is 7.55. The first-order valence-corrected chi connectivity index (χ1v) is 9.60. The van der Waals surface area contributed by atoms with E-state index in [0.29, 0.717) is 23.9 Å². The zero-order valence-electron chi connectivity index (χ0n) is 15.0. The molecule has 0 spiro atoms. The summed E-state index contributed by atoms with van der Waals surface area (Å²) < 4.78 is 9.54. The van der Waals surface area contributed by atoms with Crippen molar-refractivity contribution in [3.05, 3.63) is 24.3 Å². The largest absolute Gasteiger partial charge is 0.507 e. The van der Waals surface area contributed by atoms with Crippen molar-refractivity contribution in [2.24, 2.45) is 5.92 Å². The fourth-order valence-corrected chi connectivity index (χ4v) is 3.51. The van der Waals surface area contributed by atoms with Crippen molar-refractivity contribution in [1.82, 2.24) is 14.7 Å². The van der Waals surface area contributed by atoms with Crippen molar-refractivity contribution in [1.29, 1.82) is 0 Å². The van der Waals surface area contributed by atoms with E-state index in [1.807, 2.05) is 19.9 Å². The molecule has 1 saturated heterocycles. The maximum absolute atomic E-state index is 11.8. The van der Waals surface area contributed by atoms with E-state index >= 15 is 0 Å². The van der Waals surface area contributed by atoms with Gasteiger partial charge in [-0.15, -0.1) is 0 Å². The van der Waals surface area contributed by atoms with E-state index in [9.17, 15) is 9.90 Å². The molecule has 1 aliphatic heterocycles. The summed E-state index contributed by atoms with van der Waals surface area (Å²) in [4.78, 5) is 18.5. The fraction of sp³-hybridized carbons (Fsp3) is 0.500. The van der Waals surface area contributed by atoms with E-state index in [4.69, 9.17) is 4.74 Å². The lowest BCUT2D eigenvalue weighted by molar-refractivity contribution is 0.128. The van der Waals surface area contributed by atoms with Gasteiger partial charge in [0.15, 0.2) is 5.82 Å². The third kappa shape index (κ3) is 4.63. The van der Waals surface area contributed by atoms with Gasteiger partial charge in [-0.2, -0.15) is 9.36 Å². The number of nitrogens with one attached hydrogen (secondary N) is 1.